The Kier molecular flexibility index (Phi) is 9.44. The molecule has 45 heavy (non-hydrogen) atoms. The number of amides is 1. The molecule has 3 aromatic rings. The van der Waals surface area contributed by atoms with E-state index in [1.807, 2.05) is 7.05 Å². The maximum Gasteiger partial charge on any atom is 0.423 e. The van der Waals surface area contributed by atoms with E-state index in [0.717, 1.165) is 37.8 Å². The molecular weight excluding hydrogens is 637 g/mol. The van der Waals surface area contributed by atoms with Crippen molar-refractivity contribution in [2.24, 2.45) is 0 Å². The number of benzene rings is 2. The van der Waals surface area contributed by atoms with E-state index >= 15 is 0 Å². The predicted molar refractivity (Wildman–Crippen MR) is 162 cm³/mol. The fourth-order valence-corrected chi connectivity index (χ4v) is 6.41. The van der Waals surface area contributed by atoms with Crippen LogP contribution in [-0.4, -0.2) is 74.8 Å². The van der Waals surface area contributed by atoms with Crippen molar-refractivity contribution >= 4 is 39.2 Å². The molecule has 0 bridgehead atoms. The molecular formula is C29H32ClF3N6O5S. The zero-order valence-corrected chi connectivity index (χ0v) is 26.2. The minimum absolute atomic E-state index is 0.00702. The van der Waals surface area contributed by atoms with Crippen LogP contribution in [0.5, 0.6) is 11.6 Å². The molecule has 1 aliphatic carbocycles. The molecule has 1 saturated heterocycles. The molecule has 242 valence electrons. The van der Waals surface area contributed by atoms with Crippen molar-refractivity contribution in [2.45, 2.75) is 43.6 Å². The Morgan fingerprint density at radius 1 is 1.16 bits per heavy atom. The molecule has 2 atom stereocenters. The molecule has 2 aliphatic rings. The number of hydrogen-bond acceptors (Lipinski definition) is 9. The molecule has 5 rings (SSSR count). The Hall–Kier alpha value is -3.66. The summed E-state index contributed by atoms with van der Waals surface area (Å²) >= 11 is 6.47. The number of likely N-dealkylation sites (tertiary alicyclic amines) is 1. The van der Waals surface area contributed by atoms with Gasteiger partial charge in [-0.25, -0.2) is 18.1 Å². The molecule has 2 heterocycles. The first-order valence-electron chi connectivity index (χ1n) is 14.0. The highest BCUT2D eigenvalue weighted by atomic mass is 35.5. The second-order valence-corrected chi connectivity index (χ2v) is 13.2. The second-order valence-electron chi connectivity index (χ2n) is 11.0. The highest BCUT2D eigenvalue weighted by Crippen LogP contribution is 2.40. The largest absolute Gasteiger partial charge is 0.495 e. The zero-order chi connectivity index (χ0) is 32.5. The highest BCUT2D eigenvalue weighted by molar-refractivity contribution is 7.88. The van der Waals surface area contributed by atoms with Gasteiger partial charge in [0.05, 0.1) is 35.7 Å². The minimum atomic E-state index is -4.87. The molecule has 0 radical (unpaired) electrons. The maximum atomic E-state index is 14.0. The summed E-state index contributed by atoms with van der Waals surface area (Å²) in [5.41, 5.74) is 0.430. The molecule has 3 N–H and O–H groups in total. The van der Waals surface area contributed by atoms with Gasteiger partial charge in [-0.3, -0.25) is 4.79 Å². The lowest BCUT2D eigenvalue weighted by Gasteiger charge is -2.29. The Bertz CT molecular complexity index is 1690. The molecule has 1 aromatic heterocycles. The van der Waals surface area contributed by atoms with Gasteiger partial charge in [-0.1, -0.05) is 35.9 Å². The number of hydrogen-bond donors (Lipinski definition) is 3. The van der Waals surface area contributed by atoms with Gasteiger partial charge in [0.2, 0.25) is 21.9 Å². The Labute approximate surface area is 263 Å². The fourth-order valence-electron chi connectivity index (χ4n) is 5.42. The van der Waals surface area contributed by atoms with Gasteiger partial charge in [0.25, 0.3) is 5.91 Å². The smallest absolute Gasteiger partial charge is 0.423 e. The van der Waals surface area contributed by atoms with E-state index < -0.39 is 39.8 Å². The molecule has 16 heteroatoms. The van der Waals surface area contributed by atoms with Crippen LogP contribution in [0.15, 0.2) is 42.6 Å². The van der Waals surface area contributed by atoms with Gasteiger partial charge < -0.3 is 25.0 Å². The number of halogens is 4. The van der Waals surface area contributed by atoms with Crippen molar-refractivity contribution in [3.63, 3.8) is 0 Å². The molecule has 1 fully saturated rings. The van der Waals surface area contributed by atoms with Crippen LogP contribution in [0, 0.1) is 0 Å². The van der Waals surface area contributed by atoms with E-state index in [2.05, 4.69) is 30.2 Å². The summed E-state index contributed by atoms with van der Waals surface area (Å²) in [6.07, 6.45) is -2.65. The van der Waals surface area contributed by atoms with Crippen molar-refractivity contribution in [3.05, 3.63) is 69.9 Å². The number of ether oxygens (including phenoxy) is 2. The fraction of sp³-hybridized carbons (Fsp3) is 0.414. The number of piperidine rings is 1. The summed E-state index contributed by atoms with van der Waals surface area (Å²) in [5, 5.41) is 5.86. The number of methoxy groups -OCH3 is 1. The lowest BCUT2D eigenvalue weighted by molar-refractivity contribution is -0.140. The zero-order valence-electron chi connectivity index (χ0n) is 24.6. The average Bonchev–Trinajstić information content (AvgIpc) is 3.29. The first kappa shape index (κ1) is 32.7. The Morgan fingerprint density at radius 3 is 2.53 bits per heavy atom. The standard InChI is InChI=1S/C29H32ClF3N6O5S/c1-39-10-8-17(9-11-39)35-26(40)19-13-23(43-2)22(14-21(19)30)36-28-34-15-20(29(31,32)33)27(37-28)44-24-12-16-6-4-5-7-18(16)25(24)38-45(3,41)42/h4-7,13-15,17,24-25,38H,8-12H2,1-3H3,(H,35,40)(H,34,36,37)/t24-,25-/m1/s1. The lowest BCUT2D eigenvalue weighted by atomic mass is 10.0. The topological polar surface area (TPSA) is 135 Å². The Morgan fingerprint density at radius 2 is 1.87 bits per heavy atom. The number of sulfonamides is 1. The third-order valence-electron chi connectivity index (χ3n) is 7.68. The summed E-state index contributed by atoms with van der Waals surface area (Å²) in [7, 11) is -0.371. The number of aromatic nitrogens is 2. The lowest BCUT2D eigenvalue weighted by Crippen LogP contribution is -2.43. The summed E-state index contributed by atoms with van der Waals surface area (Å²) in [5.74, 6) is -1.28. The van der Waals surface area contributed by atoms with Crippen LogP contribution in [0.1, 0.15) is 45.9 Å². The first-order chi connectivity index (χ1) is 21.2. The quantitative estimate of drug-likeness (QED) is 0.305. The van der Waals surface area contributed by atoms with E-state index in [1.165, 1.54) is 19.2 Å². The normalized spacial score (nSPS) is 19.2. The van der Waals surface area contributed by atoms with Crippen molar-refractivity contribution in [1.82, 2.24) is 24.9 Å². The van der Waals surface area contributed by atoms with E-state index in [-0.39, 0.29) is 46.3 Å². The molecule has 0 spiro atoms. The second kappa shape index (κ2) is 13.0. The molecule has 2 aromatic carbocycles. The number of nitrogens with one attached hydrogen (secondary N) is 3. The van der Waals surface area contributed by atoms with Gasteiger partial charge >= 0.3 is 6.18 Å². The Balaban J connectivity index is 1.41. The summed E-state index contributed by atoms with van der Waals surface area (Å²) in [6, 6.07) is 8.75. The van der Waals surface area contributed by atoms with Gasteiger partial charge in [0, 0.05) is 18.7 Å². The number of fused-ring (bicyclic) bond motifs is 1. The predicted octanol–water partition coefficient (Wildman–Crippen LogP) is 4.32. The number of rotatable bonds is 9. The summed E-state index contributed by atoms with van der Waals surface area (Å²) in [6.45, 7) is 1.71. The van der Waals surface area contributed by atoms with E-state index in [0.29, 0.717) is 11.8 Å². The van der Waals surface area contributed by atoms with Crippen molar-refractivity contribution in [2.75, 3.05) is 38.8 Å². The van der Waals surface area contributed by atoms with Crippen LogP contribution < -0.4 is 24.8 Å². The number of carbonyl (C=O) groups excluding carboxylic acids is 1. The maximum absolute atomic E-state index is 14.0. The SMILES string of the molecule is COc1cc(C(=O)NC2CCN(C)CC2)c(Cl)cc1Nc1ncc(C(F)(F)F)c(O[C@@H]2Cc3ccccc3[C@H]2NS(C)(=O)=O)n1. The van der Waals surface area contributed by atoms with Crippen molar-refractivity contribution < 1.29 is 35.9 Å². The van der Waals surface area contributed by atoms with Crippen LogP contribution in [0.25, 0.3) is 0 Å². The van der Waals surface area contributed by atoms with Crippen molar-refractivity contribution in [3.8, 4) is 11.6 Å². The number of nitrogens with zero attached hydrogens (tertiary/aromatic N) is 3. The van der Waals surface area contributed by atoms with E-state index in [9.17, 15) is 26.4 Å². The van der Waals surface area contributed by atoms with Crippen LogP contribution in [0.4, 0.5) is 24.8 Å². The number of carbonyl (C=O) groups is 1. The number of anilines is 2. The van der Waals surface area contributed by atoms with Crippen molar-refractivity contribution in [1.29, 1.82) is 0 Å². The first-order valence-corrected chi connectivity index (χ1v) is 16.3. The van der Waals surface area contributed by atoms with Crippen LogP contribution in [0.3, 0.4) is 0 Å². The molecule has 0 saturated carbocycles. The summed E-state index contributed by atoms with van der Waals surface area (Å²) in [4.78, 5) is 23.0. The van der Waals surface area contributed by atoms with Gasteiger partial charge in [0.15, 0.2) is 0 Å². The van der Waals surface area contributed by atoms with E-state index in [4.69, 9.17) is 21.1 Å². The monoisotopic (exact) mass is 668 g/mol. The van der Waals surface area contributed by atoms with Crippen LogP contribution >= 0.6 is 11.6 Å². The minimum Gasteiger partial charge on any atom is -0.495 e. The summed E-state index contributed by atoms with van der Waals surface area (Å²) < 4.78 is 80.0. The van der Waals surface area contributed by atoms with E-state index in [1.54, 1.807) is 24.3 Å². The van der Waals surface area contributed by atoms with Gasteiger partial charge in [-0.2, -0.15) is 18.2 Å². The molecule has 0 unspecified atom stereocenters. The molecule has 11 nitrogen and oxygen atoms in total. The van der Waals surface area contributed by atoms with Crippen LogP contribution in [0.2, 0.25) is 5.02 Å². The number of alkyl halides is 3. The van der Waals surface area contributed by atoms with Gasteiger partial charge in [-0.05, 0) is 56.2 Å². The molecule has 1 amide bonds. The highest BCUT2D eigenvalue weighted by Gasteiger charge is 2.41. The third kappa shape index (κ3) is 7.77. The third-order valence-corrected chi connectivity index (χ3v) is 8.68. The van der Waals surface area contributed by atoms with Crippen LogP contribution in [-0.2, 0) is 22.6 Å². The van der Waals surface area contributed by atoms with Gasteiger partial charge in [-0.15, -0.1) is 0 Å². The van der Waals surface area contributed by atoms with Gasteiger partial charge in [0.1, 0.15) is 17.4 Å². The average molecular weight is 669 g/mol. The molecule has 1 aliphatic heterocycles.